The minimum absolute atomic E-state index is 0.128. The molecule has 0 unspecified atom stereocenters. The van der Waals surface area contributed by atoms with E-state index in [0.29, 0.717) is 6.04 Å². The quantitative estimate of drug-likeness (QED) is 0.869. The van der Waals surface area contributed by atoms with E-state index in [1.165, 1.54) is 24.0 Å². The minimum Gasteiger partial charge on any atom is -0.349 e. The van der Waals surface area contributed by atoms with Gasteiger partial charge in [0.05, 0.1) is 0 Å². The molecule has 108 valence electrons. The third kappa shape index (κ3) is 2.88. The highest BCUT2D eigenvalue weighted by Crippen LogP contribution is 2.24. The number of hydrogen-bond donors (Lipinski definition) is 2. The van der Waals surface area contributed by atoms with Crippen LogP contribution < -0.4 is 10.6 Å². The zero-order valence-corrected chi connectivity index (χ0v) is 12.2. The van der Waals surface area contributed by atoms with Gasteiger partial charge in [-0.05, 0) is 61.8 Å². The van der Waals surface area contributed by atoms with E-state index >= 15 is 0 Å². The topological polar surface area (TPSA) is 41.1 Å². The summed E-state index contributed by atoms with van der Waals surface area (Å²) < 4.78 is 0. The Balaban J connectivity index is 1.71. The van der Waals surface area contributed by atoms with Crippen molar-refractivity contribution in [2.45, 2.75) is 51.6 Å². The molecular formula is C17H24N2O. The predicted octanol–water partition coefficient (Wildman–Crippen LogP) is 2.64. The van der Waals surface area contributed by atoms with Gasteiger partial charge >= 0.3 is 0 Å². The summed E-state index contributed by atoms with van der Waals surface area (Å²) in [5, 5.41) is 6.61. The van der Waals surface area contributed by atoms with Crippen molar-refractivity contribution in [1.29, 1.82) is 0 Å². The molecule has 1 saturated carbocycles. The molecule has 3 rings (SSSR count). The van der Waals surface area contributed by atoms with Gasteiger partial charge in [-0.1, -0.05) is 19.1 Å². The summed E-state index contributed by atoms with van der Waals surface area (Å²) in [4.78, 5) is 12.5. The van der Waals surface area contributed by atoms with Crippen molar-refractivity contribution in [3.63, 3.8) is 0 Å². The smallest absolute Gasteiger partial charge is 0.251 e. The van der Waals surface area contributed by atoms with Crippen molar-refractivity contribution in [3.8, 4) is 0 Å². The summed E-state index contributed by atoms with van der Waals surface area (Å²) in [5.41, 5.74) is 3.41. The minimum atomic E-state index is 0.128. The summed E-state index contributed by atoms with van der Waals surface area (Å²) in [7, 11) is 0. The Kier molecular flexibility index (Phi) is 4.06. The van der Waals surface area contributed by atoms with Crippen molar-refractivity contribution in [1.82, 2.24) is 10.6 Å². The number of fused-ring (bicyclic) bond motifs is 1. The molecule has 1 aliphatic heterocycles. The molecule has 1 fully saturated rings. The molecule has 1 heterocycles. The van der Waals surface area contributed by atoms with Crippen LogP contribution in [0.15, 0.2) is 18.2 Å². The fourth-order valence-electron chi connectivity index (χ4n) is 3.41. The van der Waals surface area contributed by atoms with E-state index in [9.17, 15) is 4.79 Å². The van der Waals surface area contributed by atoms with E-state index in [1.807, 2.05) is 12.1 Å². The Morgan fingerprint density at radius 3 is 2.85 bits per heavy atom. The molecule has 3 heteroatoms. The largest absolute Gasteiger partial charge is 0.349 e. The zero-order valence-electron chi connectivity index (χ0n) is 12.2. The first kappa shape index (κ1) is 13.6. The van der Waals surface area contributed by atoms with Gasteiger partial charge in [0.2, 0.25) is 0 Å². The van der Waals surface area contributed by atoms with Crippen molar-refractivity contribution in [3.05, 3.63) is 34.9 Å². The lowest BCUT2D eigenvalue weighted by molar-refractivity contribution is 0.0921. The lowest BCUT2D eigenvalue weighted by atomic mass is 9.87. The normalized spacial score (nSPS) is 25.9. The number of benzene rings is 1. The molecule has 2 aliphatic rings. The molecule has 0 atom stereocenters. The highest BCUT2D eigenvalue weighted by Gasteiger charge is 2.22. The van der Waals surface area contributed by atoms with E-state index in [-0.39, 0.29) is 5.91 Å². The second-order valence-electron chi connectivity index (χ2n) is 6.30. The second kappa shape index (κ2) is 5.96. The van der Waals surface area contributed by atoms with Crippen molar-refractivity contribution in [2.24, 2.45) is 5.92 Å². The molecule has 1 amide bonds. The van der Waals surface area contributed by atoms with Crippen molar-refractivity contribution >= 4 is 5.91 Å². The molecule has 2 N–H and O–H groups in total. The van der Waals surface area contributed by atoms with Crippen molar-refractivity contribution in [2.75, 3.05) is 6.54 Å². The number of carbonyl (C=O) groups is 1. The van der Waals surface area contributed by atoms with E-state index in [4.69, 9.17) is 0 Å². The molecular weight excluding hydrogens is 248 g/mol. The van der Waals surface area contributed by atoms with Crippen LogP contribution in [0.2, 0.25) is 0 Å². The van der Waals surface area contributed by atoms with Gasteiger partial charge in [0.1, 0.15) is 0 Å². The van der Waals surface area contributed by atoms with E-state index in [0.717, 1.165) is 43.8 Å². The SMILES string of the molecule is CC1CCC(NC(=O)c2cccc3c2CCNC3)CC1. The maximum Gasteiger partial charge on any atom is 0.251 e. The summed E-state index contributed by atoms with van der Waals surface area (Å²) >= 11 is 0. The van der Waals surface area contributed by atoms with Crippen molar-refractivity contribution < 1.29 is 4.79 Å². The highest BCUT2D eigenvalue weighted by molar-refractivity contribution is 5.96. The third-order valence-electron chi connectivity index (χ3n) is 4.74. The first-order valence-corrected chi connectivity index (χ1v) is 7.86. The number of amides is 1. The Labute approximate surface area is 121 Å². The van der Waals surface area contributed by atoms with Gasteiger partial charge in [-0.3, -0.25) is 4.79 Å². The van der Waals surface area contributed by atoms with E-state index in [1.54, 1.807) is 0 Å². The first-order valence-electron chi connectivity index (χ1n) is 7.86. The Hall–Kier alpha value is -1.35. The van der Waals surface area contributed by atoms with Gasteiger partial charge < -0.3 is 10.6 Å². The highest BCUT2D eigenvalue weighted by atomic mass is 16.1. The molecule has 1 aromatic rings. The Bertz CT molecular complexity index is 490. The first-order chi connectivity index (χ1) is 9.74. The third-order valence-corrected chi connectivity index (χ3v) is 4.74. The van der Waals surface area contributed by atoms with E-state index < -0.39 is 0 Å². The molecule has 1 aromatic carbocycles. The summed E-state index contributed by atoms with van der Waals surface area (Å²) in [6.07, 6.45) is 5.69. The monoisotopic (exact) mass is 272 g/mol. The Morgan fingerprint density at radius 1 is 1.25 bits per heavy atom. The van der Waals surface area contributed by atoms with Gasteiger partial charge in [-0.25, -0.2) is 0 Å². The van der Waals surface area contributed by atoms with Crippen LogP contribution in [0, 0.1) is 5.92 Å². The number of hydrogen-bond acceptors (Lipinski definition) is 2. The van der Waals surface area contributed by atoms with Crippen LogP contribution in [0.5, 0.6) is 0 Å². The van der Waals surface area contributed by atoms with E-state index in [2.05, 4.69) is 23.6 Å². The van der Waals surface area contributed by atoms with Gasteiger partial charge in [-0.15, -0.1) is 0 Å². The average Bonchev–Trinajstić information content (AvgIpc) is 2.49. The Morgan fingerprint density at radius 2 is 2.05 bits per heavy atom. The second-order valence-corrected chi connectivity index (χ2v) is 6.30. The molecule has 0 bridgehead atoms. The van der Waals surface area contributed by atoms with Gasteiger partial charge in [0, 0.05) is 18.2 Å². The fraction of sp³-hybridized carbons (Fsp3) is 0.588. The van der Waals surface area contributed by atoms with Crippen LogP contribution in [0.25, 0.3) is 0 Å². The number of nitrogens with one attached hydrogen (secondary N) is 2. The molecule has 0 saturated heterocycles. The molecule has 20 heavy (non-hydrogen) atoms. The molecule has 0 radical (unpaired) electrons. The van der Waals surface area contributed by atoms with Crippen LogP contribution >= 0.6 is 0 Å². The summed E-state index contributed by atoms with van der Waals surface area (Å²) in [5.74, 6) is 0.946. The standard InChI is InChI=1S/C17H24N2O/c1-12-5-7-14(8-6-12)19-17(20)16-4-2-3-13-11-18-10-9-15(13)16/h2-4,12,14,18H,5-11H2,1H3,(H,19,20). The van der Waals surface area contributed by atoms with Crippen LogP contribution in [-0.4, -0.2) is 18.5 Å². The molecule has 0 spiro atoms. The number of rotatable bonds is 2. The lowest BCUT2D eigenvalue weighted by Gasteiger charge is -2.27. The average molecular weight is 272 g/mol. The van der Waals surface area contributed by atoms with Gasteiger partial charge in [0.25, 0.3) is 5.91 Å². The van der Waals surface area contributed by atoms with Gasteiger partial charge in [0.15, 0.2) is 0 Å². The maximum absolute atomic E-state index is 12.5. The van der Waals surface area contributed by atoms with Crippen LogP contribution in [0.1, 0.15) is 54.1 Å². The number of carbonyl (C=O) groups excluding carboxylic acids is 1. The van der Waals surface area contributed by atoms with Crippen LogP contribution in [-0.2, 0) is 13.0 Å². The fourth-order valence-corrected chi connectivity index (χ4v) is 3.41. The molecule has 1 aliphatic carbocycles. The van der Waals surface area contributed by atoms with Crippen LogP contribution in [0.3, 0.4) is 0 Å². The summed E-state index contributed by atoms with van der Waals surface area (Å²) in [6.45, 7) is 4.16. The lowest BCUT2D eigenvalue weighted by Crippen LogP contribution is -2.38. The molecule has 0 aromatic heterocycles. The maximum atomic E-state index is 12.5. The molecule has 3 nitrogen and oxygen atoms in total. The van der Waals surface area contributed by atoms with Gasteiger partial charge in [-0.2, -0.15) is 0 Å². The predicted molar refractivity (Wildman–Crippen MR) is 80.7 cm³/mol. The summed E-state index contributed by atoms with van der Waals surface area (Å²) in [6, 6.07) is 6.48. The zero-order chi connectivity index (χ0) is 13.9. The van der Waals surface area contributed by atoms with Crippen LogP contribution in [0.4, 0.5) is 0 Å².